The van der Waals surface area contributed by atoms with Gasteiger partial charge in [-0.25, -0.2) is 4.79 Å². The van der Waals surface area contributed by atoms with Gasteiger partial charge in [0.05, 0.1) is 12.8 Å². The molecule has 1 saturated carbocycles. The Morgan fingerprint density at radius 3 is 2.35 bits per heavy atom. The lowest BCUT2D eigenvalue weighted by Gasteiger charge is -2.27. The molecule has 3 aromatic rings. The maximum atomic E-state index is 13.3. The van der Waals surface area contributed by atoms with Crippen LogP contribution in [0.2, 0.25) is 0 Å². The van der Waals surface area contributed by atoms with Gasteiger partial charge < -0.3 is 19.5 Å². The second-order valence-electron chi connectivity index (χ2n) is 7.97. The van der Waals surface area contributed by atoms with Gasteiger partial charge in [0.2, 0.25) is 5.91 Å². The van der Waals surface area contributed by atoms with E-state index < -0.39 is 0 Å². The van der Waals surface area contributed by atoms with Crippen molar-refractivity contribution in [2.45, 2.75) is 38.9 Å². The molecule has 0 saturated heterocycles. The summed E-state index contributed by atoms with van der Waals surface area (Å²) in [4.78, 5) is 29.6. The van der Waals surface area contributed by atoms with E-state index in [1.165, 1.54) is 0 Å². The summed E-state index contributed by atoms with van der Waals surface area (Å²) in [5.41, 5.74) is 2.89. The number of nitrogens with one attached hydrogen (secondary N) is 1. The van der Waals surface area contributed by atoms with E-state index in [4.69, 9.17) is 4.42 Å². The normalized spacial score (nSPS) is 12.9. The maximum Gasteiger partial charge on any atom is 0.322 e. The van der Waals surface area contributed by atoms with Crippen LogP contribution in [0.5, 0.6) is 0 Å². The fraction of sp³-hybridized carbons (Fsp3) is 0.280. The molecule has 1 heterocycles. The number of urea groups is 1. The summed E-state index contributed by atoms with van der Waals surface area (Å²) in [5, 5.41) is 2.93. The molecule has 4 rings (SSSR count). The Morgan fingerprint density at radius 1 is 0.968 bits per heavy atom. The lowest BCUT2D eigenvalue weighted by atomic mass is 10.2. The Morgan fingerprint density at radius 2 is 1.71 bits per heavy atom. The Bertz CT molecular complexity index is 996. The third-order valence-corrected chi connectivity index (χ3v) is 5.35. The summed E-state index contributed by atoms with van der Waals surface area (Å²) in [7, 11) is 0. The molecule has 160 valence electrons. The van der Waals surface area contributed by atoms with Gasteiger partial charge in [-0.05, 0) is 49.6 Å². The molecule has 1 aliphatic rings. The Balaban J connectivity index is 1.46. The first kappa shape index (κ1) is 20.7. The van der Waals surface area contributed by atoms with Gasteiger partial charge >= 0.3 is 6.03 Å². The van der Waals surface area contributed by atoms with Gasteiger partial charge in [0, 0.05) is 18.3 Å². The summed E-state index contributed by atoms with van der Waals surface area (Å²) in [6.07, 6.45) is 3.45. The molecule has 2 aromatic carbocycles. The number of carbonyl (C=O) groups is 2. The van der Waals surface area contributed by atoms with Crippen LogP contribution in [-0.2, 0) is 17.9 Å². The topological polar surface area (TPSA) is 65.8 Å². The van der Waals surface area contributed by atoms with Crippen LogP contribution in [0, 0.1) is 6.92 Å². The molecular formula is C25H27N3O3. The van der Waals surface area contributed by atoms with Crippen LogP contribution in [0.3, 0.4) is 0 Å². The van der Waals surface area contributed by atoms with Crippen LogP contribution in [0.15, 0.2) is 77.4 Å². The monoisotopic (exact) mass is 417 g/mol. The SMILES string of the molecule is Cc1ccc(NC(=O)N(CC(=O)N(Cc2ccccc2)Cc2ccco2)C2CC2)cc1. The molecule has 1 fully saturated rings. The number of benzene rings is 2. The Hall–Kier alpha value is -3.54. The highest BCUT2D eigenvalue weighted by atomic mass is 16.3. The highest BCUT2D eigenvalue weighted by Crippen LogP contribution is 2.28. The molecule has 6 nitrogen and oxygen atoms in total. The second kappa shape index (κ2) is 9.51. The first-order chi connectivity index (χ1) is 15.1. The first-order valence-electron chi connectivity index (χ1n) is 10.6. The minimum absolute atomic E-state index is 0.0376. The summed E-state index contributed by atoms with van der Waals surface area (Å²) in [6, 6.07) is 21.0. The largest absolute Gasteiger partial charge is 0.467 e. The number of anilines is 1. The lowest BCUT2D eigenvalue weighted by molar-refractivity contribution is -0.133. The standard InChI is InChI=1S/C25H27N3O3/c1-19-9-11-21(12-10-19)26-25(30)28(22-13-14-22)18-24(29)27(17-23-8-5-15-31-23)16-20-6-3-2-4-7-20/h2-12,15,22H,13-14,16-18H2,1H3,(H,26,30). The van der Waals surface area contributed by atoms with Crippen molar-refractivity contribution in [3.05, 3.63) is 89.9 Å². The second-order valence-corrected chi connectivity index (χ2v) is 7.97. The Kier molecular flexibility index (Phi) is 6.36. The van der Waals surface area contributed by atoms with E-state index in [1.807, 2.05) is 73.7 Å². The van der Waals surface area contributed by atoms with Crippen LogP contribution >= 0.6 is 0 Å². The van der Waals surface area contributed by atoms with Crippen LogP contribution in [0.25, 0.3) is 0 Å². The summed E-state index contributed by atoms with van der Waals surface area (Å²) in [6.45, 7) is 2.86. The highest BCUT2D eigenvalue weighted by molar-refractivity contribution is 5.92. The summed E-state index contributed by atoms with van der Waals surface area (Å²) < 4.78 is 5.47. The molecule has 0 radical (unpaired) electrons. The van der Waals surface area contributed by atoms with E-state index in [2.05, 4.69) is 5.32 Å². The zero-order chi connectivity index (χ0) is 21.6. The van der Waals surface area contributed by atoms with Crippen molar-refractivity contribution in [3.8, 4) is 0 Å². The predicted octanol–water partition coefficient (Wildman–Crippen LogP) is 4.81. The van der Waals surface area contributed by atoms with Crippen molar-refractivity contribution < 1.29 is 14.0 Å². The van der Waals surface area contributed by atoms with Crippen molar-refractivity contribution in [1.82, 2.24) is 9.80 Å². The van der Waals surface area contributed by atoms with Gasteiger partial charge in [-0.15, -0.1) is 0 Å². The lowest BCUT2D eigenvalue weighted by Crippen LogP contribution is -2.45. The molecule has 1 N–H and O–H groups in total. The molecule has 0 spiro atoms. The van der Waals surface area contributed by atoms with E-state index in [0.717, 1.165) is 29.7 Å². The molecule has 0 atom stereocenters. The van der Waals surface area contributed by atoms with Gasteiger partial charge in [-0.3, -0.25) is 4.79 Å². The number of nitrogens with zero attached hydrogens (tertiary/aromatic N) is 2. The molecule has 6 heteroatoms. The minimum Gasteiger partial charge on any atom is -0.467 e. The van der Waals surface area contributed by atoms with Crippen LogP contribution < -0.4 is 5.32 Å². The first-order valence-corrected chi connectivity index (χ1v) is 10.6. The van der Waals surface area contributed by atoms with Crippen molar-refractivity contribution >= 4 is 17.6 Å². The molecule has 0 aliphatic heterocycles. The summed E-state index contributed by atoms with van der Waals surface area (Å²) in [5.74, 6) is 0.609. The van der Waals surface area contributed by atoms with Crippen molar-refractivity contribution in [3.63, 3.8) is 0 Å². The van der Waals surface area contributed by atoms with Gasteiger partial charge in [0.1, 0.15) is 12.3 Å². The molecule has 0 unspecified atom stereocenters. The fourth-order valence-corrected chi connectivity index (χ4v) is 3.46. The van der Waals surface area contributed by atoms with Crippen molar-refractivity contribution in [2.75, 3.05) is 11.9 Å². The molecule has 1 aliphatic carbocycles. The summed E-state index contributed by atoms with van der Waals surface area (Å²) >= 11 is 0. The third-order valence-electron chi connectivity index (χ3n) is 5.35. The predicted molar refractivity (Wildman–Crippen MR) is 119 cm³/mol. The van der Waals surface area contributed by atoms with Gasteiger partial charge in [-0.2, -0.15) is 0 Å². The number of carbonyl (C=O) groups excluding carboxylic acids is 2. The van der Waals surface area contributed by atoms with E-state index in [9.17, 15) is 9.59 Å². The smallest absolute Gasteiger partial charge is 0.322 e. The third kappa shape index (κ3) is 5.75. The number of amides is 3. The van der Waals surface area contributed by atoms with E-state index >= 15 is 0 Å². The van der Waals surface area contributed by atoms with E-state index in [0.29, 0.717) is 18.8 Å². The number of rotatable bonds is 8. The van der Waals surface area contributed by atoms with E-state index in [-0.39, 0.29) is 24.5 Å². The number of hydrogen-bond donors (Lipinski definition) is 1. The van der Waals surface area contributed by atoms with Crippen molar-refractivity contribution in [2.24, 2.45) is 0 Å². The molecular weight excluding hydrogens is 390 g/mol. The quantitative estimate of drug-likeness (QED) is 0.572. The van der Waals surface area contributed by atoms with Crippen molar-refractivity contribution in [1.29, 1.82) is 0 Å². The average molecular weight is 418 g/mol. The van der Waals surface area contributed by atoms with Crippen LogP contribution in [0.1, 0.15) is 29.7 Å². The highest BCUT2D eigenvalue weighted by Gasteiger charge is 2.35. The fourth-order valence-electron chi connectivity index (χ4n) is 3.46. The van der Waals surface area contributed by atoms with E-state index in [1.54, 1.807) is 16.1 Å². The van der Waals surface area contributed by atoms with Gasteiger partial charge in [-0.1, -0.05) is 48.0 Å². The number of furan rings is 1. The molecule has 31 heavy (non-hydrogen) atoms. The average Bonchev–Trinajstić information content (AvgIpc) is 3.49. The zero-order valence-corrected chi connectivity index (χ0v) is 17.7. The minimum atomic E-state index is -0.239. The maximum absolute atomic E-state index is 13.3. The number of aryl methyl sites for hydroxylation is 1. The number of hydrogen-bond acceptors (Lipinski definition) is 3. The molecule has 0 bridgehead atoms. The van der Waals surface area contributed by atoms with Gasteiger partial charge in [0.15, 0.2) is 0 Å². The molecule has 3 amide bonds. The van der Waals surface area contributed by atoms with Crippen LogP contribution in [-0.4, -0.2) is 34.3 Å². The van der Waals surface area contributed by atoms with Crippen LogP contribution in [0.4, 0.5) is 10.5 Å². The molecule has 1 aromatic heterocycles. The van der Waals surface area contributed by atoms with Gasteiger partial charge in [0.25, 0.3) is 0 Å². The zero-order valence-electron chi connectivity index (χ0n) is 17.7. The Labute approximate surface area is 182 Å².